The summed E-state index contributed by atoms with van der Waals surface area (Å²) < 4.78 is 70.2. The van der Waals surface area contributed by atoms with Crippen LogP contribution in [0, 0.1) is 11.7 Å². The summed E-state index contributed by atoms with van der Waals surface area (Å²) in [6, 6.07) is 6.16. The lowest BCUT2D eigenvalue weighted by atomic mass is 9.78. The zero-order chi connectivity index (χ0) is 28.9. The summed E-state index contributed by atoms with van der Waals surface area (Å²) in [6.07, 6.45) is -3.79. The molecule has 2 unspecified atom stereocenters. The molecule has 0 aromatic heterocycles. The van der Waals surface area contributed by atoms with Crippen LogP contribution in [-0.2, 0) is 20.1 Å². The number of hydrogen-bond acceptors (Lipinski definition) is 6. The first-order valence-electron chi connectivity index (χ1n) is 12.8. The number of halogens is 5. The van der Waals surface area contributed by atoms with Crippen LogP contribution in [0.3, 0.4) is 0 Å². The normalized spacial score (nSPS) is 25.7. The lowest BCUT2D eigenvalue weighted by molar-refractivity contribution is -0.141. The minimum atomic E-state index is -4.96. The van der Waals surface area contributed by atoms with Crippen molar-refractivity contribution in [3.63, 3.8) is 0 Å². The van der Waals surface area contributed by atoms with Crippen molar-refractivity contribution < 1.29 is 36.1 Å². The van der Waals surface area contributed by atoms with Gasteiger partial charge < -0.3 is 20.0 Å². The average molecular weight is 595 g/mol. The molecule has 0 bridgehead atoms. The molecule has 0 amide bonds. The molecule has 1 fully saturated rings. The Hall–Kier alpha value is -1.60. The van der Waals surface area contributed by atoms with Crippen LogP contribution >= 0.6 is 22.2 Å². The maximum absolute atomic E-state index is 15.2. The van der Waals surface area contributed by atoms with Crippen LogP contribution < -0.4 is 4.90 Å². The number of fused-ring (bicyclic) bond motifs is 1. The van der Waals surface area contributed by atoms with Gasteiger partial charge >= 0.3 is 6.18 Å². The Balaban J connectivity index is 1.92. The Morgan fingerprint density at radius 1 is 1.13 bits per heavy atom. The van der Waals surface area contributed by atoms with E-state index in [1.54, 1.807) is 6.26 Å². The van der Waals surface area contributed by atoms with Gasteiger partial charge in [0.25, 0.3) is 0 Å². The Labute approximate surface area is 233 Å². The predicted molar refractivity (Wildman–Crippen MR) is 144 cm³/mol. The van der Waals surface area contributed by atoms with Crippen molar-refractivity contribution >= 4 is 27.9 Å². The molecular formula is C27H35ClF4N2O4S. The second kappa shape index (κ2) is 11.0. The lowest BCUT2D eigenvalue weighted by Crippen LogP contribution is -2.52. The maximum atomic E-state index is 15.2. The van der Waals surface area contributed by atoms with Crippen molar-refractivity contribution in [2.75, 3.05) is 45.0 Å². The number of anilines is 1. The standard InChI is InChI=1S/C27H35ClF4N2O4S/c1-6-33(7-2)17-11-16(12-17)15-34-22-14-18(39(5,37-3)38-4)13-19(27(30,31)32)23(22)26(36,25(34)35)24-20(28)9-8-10-21(24)29/h8-10,13-14,16-17,25,35-36H,6-7,11-12,15H2,1-5H3. The van der Waals surface area contributed by atoms with Crippen LogP contribution in [0.5, 0.6) is 0 Å². The van der Waals surface area contributed by atoms with Gasteiger partial charge in [0.1, 0.15) is 5.82 Å². The summed E-state index contributed by atoms with van der Waals surface area (Å²) in [5.74, 6) is -0.985. The molecule has 0 saturated heterocycles. The van der Waals surface area contributed by atoms with E-state index < -0.39 is 51.1 Å². The number of hydrogen-bond donors (Lipinski definition) is 2. The van der Waals surface area contributed by atoms with E-state index in [0.717, 1.165) is 38.1 Å². The van der Waals surface area contributed by atoms with E-state index in [0.29, 0.717) is 6.04 Å². The first-order chi connectivity index (χ1) is 18.3. The van der Waals surface area contributed by atoms with Gasteiger partial charge in [0, 0.05) is 35.7 Å². The van der Waals surface area contributed by atoms with Gasteiger partial charge in [-0.25, -0.2) is 4.39 Å². The molecule has 218 valence electrons. The summed E-state index contributed by atoms with van der Waals surface area (Å²) in [4.78, 5) is 3.76. The third-order valence-corrected chi connectivity index (χ3v) is 10.8. The number of aliphatic hydroxyl groups excluding tert-OH is 1. The Morgan fingerprint density at radius 3 is 2.26 bits per heavy atom. The maximum Gasteiger partial charge on any atom is 0.416 e. The van der Waals surface area contributed by atoms with Crippen LogP contribution in [-0.4, -0.2) is 67.5 Å². The fourth-order valence-corrected chi connectivity index (χ4v) is 7.38. The van der Waals surface area contributed by atoms with Gasteiger partial charge in [-0.2, -0.15) is 23.8 Å². The number of nitrogens with zero attached hydrogens (tertiary/aromatic N) is 2. The fourth-order valence-electron chi connectivity index (χ4n) is 5.89. The fraction of sp³-hybridized carbons (Fsp3) is 0.556. The van der Waals surface area contributed by atoms with Crippen molar-refractivity contribution in [3.8, 4) is 0 Å². The number of aliphatic hydroxyl groups is 2. The van der Waals surface area contributed by atoms with Crippen molar-refractivity contribution in [3.05, 3.63) is 57.9 Å². The largest absolute Gasteiger partial charge is 0.416 e. The van der Waals surface area contributed by atoms with Gasteiger partial charge in [-0.3, -0.25) is 8.37 Å². The summed E-state index contributed by atoms with van der Waals surface area (Å²) >= 11 is 6.27. The smallest absolute Gasteiger partial charge is 0.375 e. The molecule has 2 atom stereocenters. The molecule has 0 radical (unpaired) electrons. The van der Waals surface area contributed by atoms with E-state index in [4.69, 9.17) is 20.0 Å². The number of rotatable bonds is 9. The highest BCUT2D eigenvalue weighted by atomic mass is 35.5. The van der Waals surface area contributed by atoms with Crippen molar-refractivity contribution in [2.24, 2.45) is 5.92 Å². The summed E-state index contributed by atoms with van der Waals surface area (Å²) in [5.41, 5.74) is -5.33. The zero-order valence-electron chi connectivity index (χ0n) is 22.6. The minimum Gasteiger partial charge on any atom is -0.375 e. The Morgan fingerprint density at radius 2 is 1.74 bits per heavy atom. The topological polar surface area (TPSA) is 65.4 Å². The zero-order valence-corrected chi connectivity index (χ0v) is 24.1. The summed E-state index contributed by atoms with van der Waals surface area (Å²) in [5, 5.41) is 23.3. The van der Waals surface area contributed by atoms with Gasteiger partial charge in [0.05, 0.1) is 29.7 Å². The summed E-state index contributed by atoms with van der Waals surface area (Å²) in [6.45, 7) is 6.05. The lowest BCUT2D eigenvalue weighted by Gasteiger charge is -2.45. The second-order valence-electron chi connectivity index (χ2n) is 10.1. The molecule has 2 aliphatic rings. The van der Waals surface area contributed by atoms with Crippen LogP contribution in [0.2, 0.25) is 5.02 Å². The highest BCUT2D eigenvalue weighted by Gasteiger charge is 2.58. The molecule has 0 spiro atoms. The Bertz CT molecular complexity index is 1180. The molecular weight excluding hydrogens is 560 g/mol. The van der Waals surface area contributed by atoms with Gasteiger partial charge in [-0.05, 0) is 56.1 Å². The molecule has 12 heteroatoms. The molecule has 6 nitrogen and oxygen atoms in total. The highest BCUT2D eigenvalue weighted by Crippen LogP contribution is 2.60. The first kappa shape index (κ1) is 30.4. The van der Waals surface area contributed by atoms with Crippen LogP contribution in [0.25, 0.3) is 0 Å². The van der Waals surface area contributed by atoms with Crippen molar-refractivity contribution in [1.29, 1.82) is 0 Å². The van der Waals surface area contributed by atoms with Crippen LogP contribution in [0.15, 0.2) is 35.2 Å². The van der Waals surface area contributed by atoms with Gasteiger partial charge in [0.2, 0.25) is 0 Å². The molecule has 2 aromatic rings. The highest BCUT2D eigenvalue weighted by molar-refractivity contribution is 8.25. The van der Waals surface area contributed by atoms with E-state index >= 15 is 4.39 Å². The molecule has 1 aliphatic heterocycles. The quantitative estimate of drug-likeness (QED) is 0.352. The average Bonchev–Trinajstić information content (AvgIpc) is 3.07. The van der Waals surface area contributed by atoms with Crippen LogP contribution in [0.1, 0.15) is 43.4 Å². The van der Waals surface area contributed by atoms with E-state index in [2.05, 4.69) is 18.7 Å². The monoisotopic (exact) mass is 594 g/mol. The number of benzene rings is 2. The number of alkyl halides is 3. The third kappa shape index (κ3) is 5.05. The van der Waals surface area contributed by atoms with E-state index in [-0.39, 0.29) is 28.1 Å². The van der Waals surface area contributed by atoms with E-state index in [1.807, 2.05) is 0 Å². The van der Waals surface area contributed by atoms with E-state index in [9.17, 15) is 23.4 Å². The predicted octanol–water partition coefficient (Wildman–Crippen LogP) is 5.91. The SMILES string of the molecule is CCN(CC)C1CC(CN2c3cc(S(C)(OC)OC)cc(C(F)(F)F)c3C(O)(c3c(F)cccc3Cl)C2O)C1. The van der Waals surface area contributed by atoms with E-state index in [1.165, 1.54) is 37.3 Å². The second-order valence-corrected chi connectivity index (χ2v) is 13.2. The molecule has 2 N–H and O–H groups in total. The van der Waals surface area contributed by atoms with Crippen LogP contribution in [0.4, 0.5) is 23.2 Å². The summed E-state index contributed by atoms with van der Waals surface area (Å²) in [7, 11) is 0.0722. The Kier molecular flexibility index (Phi) is 8.56. The minimum absolute atomic E-state index is 0.0399. The van der Waals surface area contributed by atoms with Crippen molar-refractivity contribution in [2.45, 2.75) is 55.6 Å². The van der Waals surface area contributed by atoms with Crippen molar-refractivity contribution in [1.82, 2.24) is 4.90 Å². The first-order valence-corrected chi connectivity index (χ1v) is 15.0. The van der Waals surface area contributed by atoms with Gasteiger partial charge in [0.15, 0.2) is 11.8 Å². The molecule has 2 aromatic carbocycles. The van der Waals surface area contributed by atoms with Gasteiger partial charge in [-0.1, -0.05) is 31.5 Å². The van der Waals surface area contributed by atoms with Gasteiger partial charge in [-0.15, -0.1) is 0 Å². The third-order valence-electron chi connectivity index (χ3n) is 8.16. The molecule has 1 aliphatic carbocycles. The molecule has 4 rings (SSSR count). The molecule has 39 heavy (non-hydrogen) atoms. The molecule has 1 saturated carbocycles. The molecule has 1 heterocycles.